The Morgan fingerprint density at radius 1 is 0.917 bits per heavy atom. The molecule has 2 heterocycles. The number of hydrogen-bond donors (Lipinski definition) is 1. The number of hydrogen-bond acceptors (Lipinski definition) is 5. The first kappa shape index (κ1) is 23.0. The highest BCUT2D eigenvalue weighted by Gasteiger charge is 2.17. The number of nitriles is 1. The topological polar surface area (TPSA) is 92.1 Å². The summed E-state index contributed by atoms with van der Waals surface area (Å²) in [6.07, 6.45) is 0.916. The molecule has 176 valence electrons. The minimum atomic E-state index is -0.301. The van der Waals surface area contributed by atoms with Gasteiger partial charge >= 0.3 is 0 Å². The van der Waals surface area contributed by atoms with Crippen molar-refractivity contribution in [3.8, 4) is 34.2 Å². The number of ketones is 1. The number of nitrogens with one attached hydrogen (secondary N) is 1. The van der Waals surface area contributed by atoms with Gasteiger partial charge in [-0.1, -0.05) is 48.5 Å². The summed E-state index contributed by atoms with van der Waals surface area (Å²) >= 11 is 0. The monoisotopic (exact) mass is 473 g/mol. The van der Waals surface area contributed by atoms with E-state index < -0.39 is 0 Å². The van der Waals surface area contributed by atoms with Gasteiger partial charge in [-0.15, -0.1) is 0 Å². The highest BCUT2D eigenvalue weighted by atomic mass is 16.5. The molecule has 0 radical (unpaired) electrons. The Balaban J connectivity index is 1.36. The van der Waals surface area contributed by atoms with Crippen molar-refractivity contribution in [1.29, 1.82) is 5.26 Å². The van der Waals surface area contributed by atoms with Crippen molar-refractivity contribution in [3.05, 3.63) is 102 Å². The summed E-state index contributed by atoms with van der Waals surface area (Å²) in [5.74, 6) is 0.799. The van der Waals surface area contributed by atoms with Crippen molar-refractivity contribution in [3.63, 3.8) is 0 Å². The van der Waals surface area contributed by atoms with Gasteiger partial charge in [0.1, 0.15) is 11.6 Å². The Hall–Kier alpha value is -4.76. The van der Waals surface area contributed by atoms with Crippen LogP contribution < -0.4 is 10.1 Å². The van der Waals surface area contributed by atoms with Crippen LogP contribution in [0.5, 0.6) is 5.75 Å². The number of Topliss-reactive ketones (excluding diaryl/α,β-unsaturated/α-hetero) is 1. The van der Waals surface area contributed by atoms with Crippen molar-refractivity contribution < 1.29 is 14.3 Å². The van der Waals surface area contributed by atoms with E-state index in [4.69, 9.17) is 4.74 Å². The Labute approximate surface area is 209 Å². The average molecular weight is 474 g/mol. The maximum absolute atomic E-state index is 12.8. The number of rotatable bonds is 7. The summed E-state index contributed by atoms with van der Waals surface area (Å²) in [5, 5.41) is 12.4. The van der Waals surface area contributed by atoms with Crippen molar-refractivity contribution in [1.82, 2.24) is 4.98 Å². The molecule has 5 rings (SSSR count). The summed E-state index contributed by atoms with van der Waals surface area (Å²) in [5.41, 5.74) is 5.24. The normalized spacial score (nSPS) is 11.8. The fourth-order valence-corrected chi connectivity index (χ4v) is 4.28. The van der Waals surface area contributed by atoms with Crippen LogP contribution in [-0.2, 0) is 11.2 Å². The van der Waals surface area contributed by atoms with Crippen molar-refractivity contribution >= 4 is 17.5 Å². The maximum Gasteiger partial charge on any atom is 0.225 e. The lowest BCUT2D eigenvalue weighted by molar-refractivity contribution is -0.116. The molecule has 0 unspecified atom stereocenters. The molecule has 0 atom stereocenters. The number of pyridine rings is 1. The van der Waals surface area contributed by atoms with Crippen LogP contribution in [-0.4, -0.2) is 23.3 Å². The highest BCUT2D eigenvalue weighted by molar-refractivity contribution is 6.00. The van der Waals surface area contributed by atoms with Crippen LogP contribution in [0.15, 0.2) is 84.9 Å². The van der Waals surface area contributed by atoms with Crippen LogP contribution in [0.4, 0.5) is 5.82 Å². The number of benzene rings is 3. The van der Waals surface area contributed by atoms with Gasteiger partial charge in [0.05, 0.1) is 23.9 Å². The van der Waals surface area contributed by atoms with E-state index in [1.54, 1.807) is 18.2 Å². The van der Waals surface area contributed by atoms with E-state index in [9.17, 15) is 14.9 Å². The summed E-state index contributed by atoms with van der Waals surface area (Å²) < 4.78 is 5.50. The van der Waals surface area contributed by atoms with Crippen LogP contribution in [0.1, 0.15) is 34.3 Å². The number of ether oxygens (including phenoxy) is 1. The first-order chi connectivity index (χ1) is 17.6. The molecule has 3 aromatic carbocycles. The van der Waals surface area contributed by atoms with Crippen LogP contribution in [0.25, 0.3) is 22.4 Å². The van der Waals surface area contributed by atoms with Gasteiger partial charge in [-0.2, -0.15) is 5.26 Å². The first-order valence-electron chi connectivity index (χ1n) is 11.8. The van der Waals surface area contributed by atoms with Crippen molar-refractivity contribution in [2.75, 3.05) is 11.9 Å². The molecule has 6 nitrogen and oxygen atoms in total. The smallest absolute Gasteiger partial charge is 0.225 e. The summed E-state index contributed by atoms with van der Waals surface area (Å²) in [7, 11) is 0. The highest BCUT2D eigenvalue weighted by Crippen LogP contribution is 2.30. The second kappa shape index (κ2) is 10.2. The van der Waals surface area contributed by atoms with Crippen LogP contribution >= 0.6 is 0 Å². The molecule has 4 aromatic rings. The third-order valence-corrected chi connectivity index (χ3v) is 6.11. The van der Waals surface area contributed by atoms with Gasteiger partial charge in [0, 0.05) is 30.4 Å². The van der Waals surface area contributed by atoms with E-state index >= 15 is 0 Å². The van der Waals surface area contributed by atoms with Gasteiger partial charge in [0.25, 0.3) is 0 Å². The molecule has 0 aliphatic carbocycles. The number of aromatic nitrogens is 1. The number of carbonyl (C=O) groups is 2. The second-order valence-corrected chi connectivity index (χ2v) is 8.54. The number of nitrogens with zero attached hydrogens (tertiary/aromatic N) is 2. The largest absolute Gasteiger partial charge is 0.493 e. The Kier molecular flexibility index (Phi) is 6.55. The molecule has 1 aromatic heterocycles. The van der Waals surface area contributed by atoms with E-state index in [0.717, 1.165) is 34.4 Å². The molecule has 1 amide bonds. The summed E-state index contributed by atoms with van der Waals surface area (Å²) in [6.45, 7) is 0.630. The lowest BCUT2D eigenvalue weighted by Crippen LogP contribution is -2.15. The fraction of sp³-hybridized carbons (Fsp3) is 0.133. The van der Waals surface area contributed by atoms with Crippen LogP contribution in [0, 0.1) is 11.3 Å². The molecule has 36 heavy (non-hydrogen) atoms. The van der Waals surface area contributed by atoms with E-state index in [1.807, 2.05) is 66.7 Å². The standard InChI is InChI=1S/C30H23N3O3/c31-19-23-8-4-5-9-25(23)24-17-26(20-6-2-1-3-7-20)32-29(18-24)33-30(35)13-11-27(34)21-10-12-28-22(16-21)14-15-36-28/h1-10,12,16-18H,11,13-15H2,(H,32,33,35). The molecule has 0 fully saturated rings. The Bertz CT molecular complexity index is 1490. The zero-order valence-electron chi connectivity index (χ0n) is 19.5. The average Bonchev–Trinajstić information content (AvgIpc) is 3.40. The third kappa shape index (κ3) is 5.01. The molecule has 0 saturated carbocycles. The molecular formula is C30H23N3O3. The number of amides is 1. The van der Waals surface area contributed by atoms with Crippen molar-refractivity contribution in [2.45, 2.75) is 19.3 Å². The minimum absolute atomic E-state index is 0.0355. The number of carbonyl (C=O) groups excluding carboxylic acids is 2. The lowest BCUT2D eigenvalue weighted by atomic mass is 9.99. The zero-order valence-corrected chi connectivity index (χ0v) is 19.5. The zero-order chi connectivity index (χ0) is 24.9. The predicted molar refractivity (Wildman–Crippen MR) is 138 cm³/mol. The molecule has 1 aliphatic heterocycles. The van der Waals surface area contributed by atoms with Gasteiger partial charge in [0.2, 0.25) is 5.91 Å². The van der Waals surface area contributed by atoms with Gasteiger partial charge in [-0.25, -0.2) is 4.98 Å². The van der Waals surface area contributed by atoms with Crippen molar-refractivity contribution in [2.24, 2.45) is 0 Å². The van der Waals surface area contributed by atoms with Gasteiger partial charge < -0.3 is 10.1 Å². The quantitative estimate of drug-likeness (QED) is 0.341. The fourth-order valence-electron chi connectivity index (χ4n) is 4.28. The van der Waals surface area contributed by atoms with Crippen LogP contribution in [0.3, 0.4) is 0 Å². The number of anilines is 1. The molecule has 0 bridgehead atoms. The predicted octanol–water partition coefficient (Wildman–Crippen LogP) is 5.82. The molecule has 0 spiro atoms. The van der Waals surface area contributed by atoms with E-state index in [0.29, 0.717) is 29.2 Å². The van der Waals surface area contributed by atoms with E-state index in [1.165, 1.54) is 0 Å². The lowest BCUT2D eigenvalue weighted by Gasteiger charge is -2.12. The Morgan fingerprint density at radius 2 is 1.72 bits per heavy atom. The Morgan fingerprint density at radius 3 is 2.56 bits per heavy atom. The van der Waals surface area contributed by atoms with E-state index in [-0.39, 0.29) is 24.5 Å². The SMILES string of the molecule is N#Cc1ccccc1-c1cc(NC(=O)CCC(=O)c2ccc3c(c2)CCO3)nc(-c2ccccc2)c1. The minimum Gasteiger partial charge on any atom is -0.493 e. The van der Waals surface area contributed by atoms with Gasteiger partial charge in [-0.3, -0.25) is 9.59 Å². The molecule has 0 saturated heterocycles. The first-order valence-corrected chi connectivity index (χ1v) is 11.8. The van der Waals surface area contributed by atoms with E-state index in [2.05, 4.69) is 16.4 Å². The summed E-state index contributed by atoms with van der Waals surface area (Å²) in [4.78, 5) is 30.1. The molecule has 6 heteroatoms. The summed E-state index contributed by atoms with van der Waals surface area (Å²) in [6, 6.07) is 28.2. The van der Waals surface area contributed by atoms with Crippen LogP contribution in [0.2, 0.25) is 0 Å². The third-order valence-electron chi connectivity index (χ3n) is 6.11. The van der Waals surface area contributed by atoms with Gasteiger partial charge in [-0.05, 0) is 53.1 Å². The van der Waals surface area contributed by atoms with Gasteiger partial charge in [0.15, 0.2) is 5.78 Å². The maximum atomic E-state index is 12.8. The number of fused-ring (bicyclic) bond motifs is 1. The molecule has 1 N–H and O–H groups in total. The molecule has 1 aliphatic rings. The second-order valence-electron chi connectivity index (χ2n) is 8.54. The molecular weight excluding hydrogens is 450 g/mol.